The van der Waals surface area contributed by atoms with Gasteiger partial charge in [0.1, 0.15) is 11.4 Å². The summed E-state index contributed by atoms with van der Waals surface area (Å²) in [5, 5.41) is 25.6. The molecule has 0 fully saturated rings. The highest BCUT2D eigenvalue weighted by molar-refractivity contribution is 5.51. The van der Waals surface area contributed by atoms with E-state index in [1.807, 2.05) is 0 Å². The van der Waals surface area contributed by atoms with Crippen LogP contribution in [0.4, 0.5) is 0 Å². The van der Waals surface area contributed by atoms with Gasteiger partial charge in [0.2, 0.25) is 5.82 Å². The fourth-order valence-corrected chi connectivity index (χ4v) is 1.11. The molecular formula is C8H3N8O. The summed E-state index contributed by atoms with van der Waals surface area (Å²) in [5.41, 5.74) is 1.01. The van der Waals surface area contributed by atoms with Gasteiger partial charge in [0, 0.05) is 0 Å². The third-order valence-electron chi connectivity index (χ3n) is 1.84. The molecule has 3 heterocycles. The first-order valence-corrected chi connectivity index (χ1v) is 4.48. The van der Waals surface area contributed by atoms with Crippen molar-refractivity contribution in [1.29, 1.82) is 0 Å². The molecule has 0 amide bonds. The Morgan fingerprint density at radius 2 is 2.06 bits per heavy atom. The highest BCUT2D eigenvalue weighted by Crippen LogP contribution is 2.12. The van der Waals surface area contributed by atoms with E-state index in [0.717, 1.165) is 0 Å². The maximum absolute atomic E-state index is 4.81. The zero-order valence-corrected chi connectivity index (χ0v) is 8.22. The monoisotopic (exact) mass is 227 g/mol. The number of hydrogen-bond donors (Lipinski definition) is 0. The number of rotatable bonds is 2. The third-order valence-corrected chi connectivity index (χ3v) is 1.84. The molecule has 0 aliphatic heterocycles. The van der Waals surface area contributed by atoms with E-state index < -0.39 is 0 Å². The van der Waals surface area contributed by atoms with Crippen molar-refractivity contribution >= 4 is 0 Å². The molecule has 0 bridgehead atoms. The van der Waals surface area contributed by atoms with Gasteiger partial charge >= 0.3 is 6.39 Å². The van der Waals surface area contributed by atoms with E-state index in [-0.39, 0.29) is 11.7 Å². The Labute approximate surface area is 94.0 Å². The molecule has 0 saturated heterocycles. The van der Waals surface area contributed by atoms with Crippen LogP contribution in [0.5, 0.6) is 0 Å². The molecule has 9 heteroatoms. The van der Waals surface area contributed by atoms with Gasteiger partial charge in [-0.1, -0.05) is 0 Å². The summed E-state index contributed by atoms with van der Waals surface area (Å²) in [6, 6.07) is 1.65. The van der Waals surface area contributed by atoms with Crippen LogP contribution < -0.4 is 0 Å². The van der Waals surface area contributed by atoms with Gasteiger partial charge in [-0.15, -0.1) is 30.6 Å². The molecule has 0 spiro atoms. The average Bonchev–Trinajstić information content (AvgIpc) is 2.94. The van der Waals surface area contributed by atoms with Gasteiger partial charge in [-0.25, -0.2) is 4.98 Å². The van der Waals surface area contributed by atoms with Crippen molar-refractivity contribution < 1.29 is 4.42 Å². The van der Waals surface area contributed by atoms with Crippen LogP contribution in [0.15, 0.2) is 22.9 Å². The highest BCUT2D eigenvalue weighted by atomic mass is 16.4. The standard InChI is InChI=1S/C8H3N8O/c1-2-10-16-13-5(1)6-3-9-7(14-12-6)8-15-11-4-17-8/h1-3H. The molecule has 0 aliphatic rings. The van der Waals surface area contributed by atoms with E-state index in [2.05, 4.69) is 47.2 Å². The molecule has 0 unspecified atom stereocenters. The lowest BCUT2D eigenvalue weighted by molar-refractivity contribution is 0.552. The van der Waals surface area contributed by atoms with Crippen molar-refractivity contribution in [1.82, 2.24) is 40.8 Å². The van der Waals surface area contributed by atoms with Gasteiger partial charge in [-0.3, -0.25) is 0 Å². The van der Waals surface area contributed by atoms with E-state index in [0.29, 0.717) is 11.4 Å². The van der Waals surface area contributed by atoms with Gasteiger partial charge in [-0.05, 0) is 11.3 Å². The minimum absolute atomic E-state index is 0.157. The van der Waals surface area contributed by atoms with E-state index in [1.54, 1.807) is 6.07 Å². The lowest BCUT2D eigenvalue weighted by Crippen LogP contribution is -1.97. The van der Waals surface area contributed by atoms with Crippen molar-refractivity contribution in [2.75, 3.05) is 0 Å². The van der Waals surface area contributed by atoms with E-state index in [9.17, 15) is 0 Å². The largest absolute Gasteiger partial charge is 0.409 e. The van der Waals surface area contributed by atoms with Gasteiger partial charge in [0.25, 0.3) is 5.89 Å². The molecule has 0 saturated carbocycles. The van der Waals surface area contributed by atoms with Crippen LogP contribution in [0.3, 0.4) is 0 Å². The first-order valence-electron chi connectivity index (χ1n) is 4.48. The quantitative estimate of drug-likeness (QED) is 0.574. The van der Waals surface area contributed by atoms with Crippen molar-refractivity contribution in [2.24, 2.45) is 0 Å². The van der Waals surface area contributed by atoms with Crippen LogP contribution in [0.2, 0.25) is 0 Å². The summed E-state index contributed by atoms with van der Waals surface area (Å²) in [6.07, 6.45) is 5.19. The lowest BCUT2D eigenvalue weighted by Gasteiger charge is -1.96. The molecule has 3 aromatic rings. The van der Waals surface area contributed by atoms with Crippen LogP contribution in [0.1, 0.15) is 0 Å². The van der Waals surface area contributed by atoms with Gasteiger partial charge in [-0.2, -0.15) is 0 Å². The summed E-state index contributed by atoms with van der Waals surface area (Å²) < 4.78 is 4.81. The Bertz CT molecular complexity index is 593. The Morgan fingerprint density at radius 3 is 2.71 bits per heavy atom. The minimum atomic E-state index is 0.157. The first-order chi connectivity index (χ1) is 8.43. The minimum Gasteiger partial charge on any atom is -0.409 e. The van der Waals surface area contributed by atoms with Gasteiger partial charge in [0.15, 0.2) is 0 Å². The Morgan fingerprint density at radius 1 is 1.06 bits per heavy atom. The maximum Gasteiger partial charge on any atom is 0.306 e. The lowest BCUT2D eigenvalue weighted by atomic mass is 10.3. The number of nitrogens with zero attached hydrogens (tertiary/aromatic N) is 8. The Kier molecular flexibility index (Phi) is 2.19. The number of hydrogen-bond acceptors (Lipinski definition) is 9. The molecule has 0 aliphatic carbocycles. The molecule has 0 N–H and O–H groups in total. The highest BCUT2D eigenvalue weighted by Gasteiger charge is 2.09. The van der Waals surface area contributed by atoms with Crippen LogP contribution in [0, 0.1) is 6.39 Å². The summed E-state index contributed by atoms with van der Waals surface area (Å²) in [7, 11) is 0. The second-order valence-corrected chi connectivity index (χ2v) is 2.87. The smallest absolute Gasteiger partial charge is 0.306 e. The van der Waals surface area contributed by atoms with Crippen LogP contribution in [-0.4, -0.2) is 40.8 Å². The van der Waals surface area contributed by atoms with Crippen molar-refractivity contribution in [3.8, 4) is 23.1 Å². The second-order valence-electron chi connectivity index (χ2n) is 2.87. The SMILES string of the molecule is [c]1nnc(-c2ncc(-c3ccnnn3)nn2)o1. The van der Waals surface area contributed by atoms with Crippen LogP contribution >= 0.6 is 0 Å². The molecule has 9 nitrogen and oxygen atoms in total. The number of aromatic nitrogens is 8. The zero-order valence-electron chi connectivity index (χ0n) is 8.22. The summed E-state index contributed by atoms with van der Waals surface area (Å²) in [4.78, 5) is 4.02. The molecule has 3 rings (SSSR count). The predicted octanol–water partition coefficient (Wildman–Crippen LogP) is -0.426. The maximum atomic E-state index is 4.81. The van der Waals surface area contributed by atoms with Crippen LogP contribution in [0.25, 0.3) is 23.1 Å². The zero-order chi connectivity index (χ0) is 11.5. The first kappa shape index (κ1) is 9.39. The van der Waals surface area contributed by atoms with Crippen molar-refractivity contribution in [3.05, 3.63) is 24.9 Å². The topological polar surface area (TPSA) is 116 Å². The summed E-state index contributed by atoms with van der Waals surface area (Å²) in [6.45, 7) is 0. The predicted molar refractivity (Wildman–Crippen MR) is 50.8 cm³/mol. The van der Waals surface area contributed by atoms with E-state index >= 15 is 0 Å². The van der Waals surface area contributed by atoms with E-state index in [4.69, 9.17) is 4.42 Å². The van der Waals surface area contributed by atoms with Crippen molar-refractivity contribution in [3.63, 3.8) is 0 Å². The Balaban J connectivity index is 1.96. The normalized spacial score (nSPS) is 10.4. The van der Waals surface area contributed by atoms with Crippen LogP contribution in [-0.2, 0) is 0 Å². The van der Waals surface area contributed by atoms with E-state index in [1.165, 1.54) is 12.4 Å². The van der Waals surface area contributed by atoms with Crippen molar-refractivity contribution in [2.45, 2.75) is 0 Å². The molecule has 81 valence electrons. The average molecular weight is 227 g/mol. The molecule has 1 radical (unpaired) electrons. The molecular weight excluding hydrogens is 224 g/mol. The molecule has 0 aromatic carbocycles. The summed E-state index contributed by atoms with van der Waals surface area (Å²) in [5.74, 6) is 0.384. The second kappa shape index (κ2) is 3.96. The molecule has 3 aromatic heterocycles. The molecule has 17 heavy (non-hydrogen) atoms. The third kappa shape index (κ3) is 1.80. The fraction of sp³-hybridized carbons (Fsp3) is 0. The summed E-state index contributed by atoms with van der Waals surface area (Å²) >= 11 is 0. The Hall–Kier alpha value is -2.84. The molecule has 0 atom stereocenters. The van der Waals surface area contributed by atoms with Gasteiger partial charge < -0.3 is 4.42 Å². The fourth-order valence-electron chi connectivity index (χ4n) is 1.11. The van der Waals surface area contributed by atoms with Gasteiger partial charge in [0.05, 0.1) is 12.4 Å².